The van der Waals surface area contributed by atoms with Crippen LogP contribution < -0.4 is 16.8 Å². The molecular formula is C9H13N3O. The molecule has 0 aliphatic carbocycles. The van der Waals surface area contributed by atoms with Gasteiger partial charge in [0, 0.05) is 12.1 Å². The Morgan fingerprint density at radius 3 is 2.62 bits per heavy atom. The fourth-order valence-corrected chi connectivity index (χ4v) is 0.979. The Labute approximate surface area is 76.9 Å². The van der Waals surface area contributed by atoms with Crippen molar-refractivity contribution in [2.45, 2.75) is 6.92 Å². The van der Waals surface area contributed by atoms with Crippen LogP contribution in [0.3, 0.4) is 0 Å². The Bertz CT molecular complexity index is 323. The summed E-state index contributed by atoms with van der Waals surface area (Å²) in [7, 11) is 0. The lowest BCUT2D eigenvalue weighted by Crippen LogP contribution is -2.22. The van der Waals surface area contributed by atoms with Crippen molar-refractivity contribution in [3.05, 3.63) is 23.8 Å². The van der Waals surface area contributed by atoms with Gasteiger partial charge in [0.15, 0.2) is 0 Å². The third-order valence-electron chi connectivity index (χ3n) is 1.69. The Balaban J connectivity index is 2.90. The summed E-state index contributed by atoms with van der Waals surface area (Å²) in [5.41, 5.74) is 12.5. The number of rotatable bonds is 2. The number of anilines is 2. The van der Waals surface area contributed by atoms with Crippen LogP contribution >= 0.6 is 0 Å². The molecule has 70 valence electrons. The van der Waals surface area contributed by atoms with Crippen LogP contribution in [0.1, 0.15) is 17.3 Å². The summed E-state index contributed by atoms with van der Waals surface area (Å²) >= 11 is 0. The van der Waals surface area contributed by atoms with Crippen LogP contribution in [0, 0.1) is 0 Å². The standard InChI is InChI=1S/C9H13N3O/c1-2-12-9(13)6-3-4-7(10)8(11)5-6/h3-5H,2,10-11H2,1H3,(H,12,13). The number of carbonyl (C=O) groups excluding carboxylic acids is 1. The summed E-state index contributed by atoms with van der Waals surface area (Å²) in [5, 5.41) is 2.67. The molecule has 4 heteroatoms. The van der Waals surface area contributed by atoms with Crippen molar-refractivity contribution >= 4 is 17.3 Å². The van der Waals surface area contributed by atoms with Crippen LogP contribution in [-0.2, 0) is 0 Å². The molecule has 1 aromatic carbocycles. The van der Waals surface area contributed by atoms with Crippen molar-refractivity contribution in [2.24, 2.45) is 0 Å². The SMILES string of the molecule is CCNC(=O)c1ccc(N)c(N)c1. The molecule has 13 heavy (non-hydrogen) atoms. The van der Waals surface area contributed by atoms with E-state index in [9.17, 15) is 4.79 Å². The highest BCUT2D eigenvalue weighted by atomic mass is 16.1. The topological polar surface area (TPSA) is 81.1 Å². The zero-order valence-corrected chi connectivity index (χ0v) is 7.50. The maximum absolute atomic E-state index is 11.3. The molecule has 0 bridgehead atoms. The normalized spacial score (nSPS) is 9.62. The minimum Gasteiger partial charge on any atom is -0.397 e. The van der Waals surface area contributed by atoms with E-state index in [0.717, 1.165) is 0 Å². The van der Waals surface area contributed by atoms with Gasteiger partial charge in [0.25, 0.3) is 5.91 Å². The van der Waals surface area contributed by atoms with Crippen molar-refractivity contribution in [3.63, 3.8) is 0 Å². The van der Waals surface area contributed by atoms with E-state index in [1.165, 1.54) is 0 Å². The third kappa shape index (κ3) is 2.11. The quantitative estimate of drug-likeness (QED) is 0.581. The van der Waals surface area contributed by atoms with Gasteiger partial charge in [-0.2, -0.15) is 0 Å². The van der Waals surface area contributed by atoms with Crippen LogP contribution in [0.2, 0.25) is 0 Å². The van der Waals surface area contributed by atoms with E-state index < -0.39 is 0 Å². The van der Waals surface area contributed by atoms with Crippen molar-refractivity contribution in [1.29, 1.82) is 0 Å². The van der Waals surface area contributed by atoms with E-state index in [4.69, 9.17) is 11.5 Å². The van der Waals surface area contributed by atoms with E-state index in [1.807, 2.05) is 6.92 Å². The number of carbonyl (C=O) groups is 1. The third-order valence-corrected chi connectivity index (χ3v) is 1.69. The van der Waals surface area contributed by atoms with E-state index in [1.54, 1.807) is 18.2 Å². The van der Waals surface area contributed by atoms with Gasteiger partial charge >= 0.3 is 0 Å². The van der Waals surface area contributed by atoms with Gasteiger partial charge in [0.2, 0.25) is 0 Å². The van der Waals surface area contributed by atoms with Gasteiger partial charge < -0.3 is 16.8 Å². The van der Waals surface area contributed by atoms with E-state index in [-0.39, 0.29) is 5.91 Å². The summed E-state index contributed by atoms with van der Waals surface area (Å²) in [6.45, 7) is 2.46. The van der Waals surface area contributed by atoms with Gasteiger partial charge in [-0.25, -0.2) is 0 Å². The predicted octanol–water partition coefficient (Wildman–Crippen LogP) is 0.601. The van der Waals surface area contributed by atoms with Gasteiger partial charge in [-0.15, -0.1) is 0 Å². The number of nitrogens with two attached hydrogens (primary N) is 2. The highest BCUT2D eigenvalue weighted by molar-refractivity contribution is 5.95. The molecule has 0 saturated heterocycles. The molecule has 0 atom stereocenters. The molecule has 1 aromatic rings. The molecule has 1 amide bonds. The van der Waals surface area contributed by atoms with Crippen molar-refractivity contribution in [2.75, 3.05) is 18.0 Å². The molecule has 0 aromatic heterocycles. The van der Waals surface area contributed by atoms with Crippen LogP contribution in [0.4, 0.5) is 11.4 Å². The first-order chi connectivity index (χ1) is 6.15. The zero-order valence-electron chi connectivity index (χ0n) is 7.50. The van der Waals surface area contributed by atoms with Gasteiger partial charge in [-0.05, 0) is 25.1 Å². The first kappa shape index (κ1) is 9.38. The Morgan fingerprint density at radius 2 is 2.08 bits per heavy atom. The summed E-state index contributed by atoms with van der Waals surface area (Å²) < 4.78 is 0. The molecule has 0 fully saturated rings. The molecule has 0 aliphatic rings. The summed E-state index contributed by atoms with van der Waals surface area (Å²) in [5.74, 6) is -0.130. The number of amides is 1. The molecule has 0 saturated carbocycles. The molecule has 5 N–H and O–H groups in total. The van der Waals surface area contributed by atoms with Crippen LogP contribution in [-0.4, -0.2) is 12.5 Å². The average molecular weight is 179 g/mol. The maximum Gasteiger partial charge on any atom is 0.251 e. The first-order valence-electron chi connectivity index (χ1n) is 4.08. The second kappa shape index (κ2) is 3.80. The number of nitrogens with one attached hydrogen (secondary N) is 1. The van der Waals surface area contributed by atoms with E-state index in [2.05, 4.69) is 5.32 Å². The first-order valence-corrected chi connectivity index (χ1v) is 4.08. The molecule has 0 radical (unpaired) electrons. The van der Waals surface area contributed by atoms with E-state index in [0.29, 0.717) is 23.5 Å². The van der Waals surface area contributed by atoms with Crippen molar-refractivity contribution < 1.29 is 4.79 Å². The maximum atomic E-state index is 11.3. The van der Waals surface area contributed by atoms with Crippen molar-refractivity contribution in [3.8, 4) is 0 Å². The lowest BCUT2D eigenvalue weighted by atomic mass is 10.1. The summed E-state index contributed by atoms with van der Waals surface area (Å²) in [6.07, 6.45) is 0. The number of benzene rings is 1. The number of hydrogen-bond acceptors (Lipinski definition) is 3. The Kier molecular flexibility index (Phi) is 2.74. The molecule has 4 nitrogen and oxygen atoms in total. The van der Waals surface area contributed by atoms with E-state index >= 15 is 0 Å². The molecular weight excluding hydrogens is 166 g/mol. The monoisotopic (exact) mass is 179 g/mol. The predicted molar refractivity (Wildman–Crippen MR) is 53.3 cm³/mol. The molecule has 0 unspecified atom stereocenters. The van der Waals surface area contributed by atoms with Gasteiger partial charge in [-0.3, -0.25) is 4.79 Å². The summed E-state index contributed by atoms with van der Waals surface area (Å²) in [6, 6.07) is 4.84. The highest BCUT2D eigenvalue weighted by Gasteiger charge is 2.04. The zero-order chi connectivity index (χ0) is 9.84. The minimum atomic E-state index is -0.130. The Morgan fingerprint density at radius 1 is 1.38 bits per heavy atom. The van der Waals surface area contributed by atoms with Crippen molar-refractivity contribution in [1.82, 2.24) is 5.32 Å². The van der Waals surface area contributed by atoms with Crippen LogP contribution in [0.15, 0.2) is 18.2 Å². The fourth-order valence-electron chi connectivity index (χ4n) is 0.979. The fraction of sp³-hybridized carbons (Fsp3) is 0.222. The lowest BCUT2D eigenvalue weighted by Gasteiger charge is -2.04. The van der Waals surface area contributed by atoms with Crippen LogP contribution in [0.25, 0.3) is 0 Å². The van der Waals surface area contributed by atoms with Gasteiger partial charge in [0.1, 0.15) is 0 Å². The lowest BCUT2D eigenvalue weighted by molar-refractivity contribution is 0.0956. The largest absolute Gasteiger partial charge is 0.397 e. The molecule has 0 spiro atoms. The smallest absolute Gasteiger partial charge is 0.251 e. The van der Waals surface area contributed by atoms with Crippen LogP contribution in [0.5, 0.6) is 0 Å². The van der Waals surface area contributed by atoms with Gasteiger partial charge in [-0.1, -0.05) is 0 Å². The molecule has 0 heterocycles. The molecule has 0 aliphatic heterocycles. The second-order valence-electron chi connectivity index (χ2n) is 2.70. The highest BCUT2D eigenvalue weighted by Crippen LogP contribution is 2.15. The number of nitrogen functional groups attached to an aromatic ring is 2. The molecule has 1 rings (SSSR count). The average Bonchev–Trinajstić information content (AvgIpc) is 2.10. The summed E-state index contributed by atoms with van der Waals surface area (Å²) in [4.78, 5) is 11.3. The Hall–Kier alpha value is -1.71. The number of hydrogen-bond donors (Lipinski definition) is 3. The second-order valence-corrected chi connectivity index (χ2v) is 2.70. The minimum absolute atomic E-state index is 0.130. The van der Waals surface area contributed by atoms with Gasteiger partial charge in [0.05, 0.1) is 11.4 Å².